The van der Waals surface area contributed by atoms with Gasteiger partial charge < -0.3 is 10.0 Å². The predicted octanol–water partition coefficient (Wildman–Crippen LogP) is 3.01. The van der Waals surface area contributed by atoms with Crippen molar-refractivity contribution in [3.63, 3.8) is 0 Å². The largest absolute Gasteiger partial charge is 0.389 e. The molecular weight excluding hydrogens is 248 g/mol. The molecule has 1 N–H and O–H groups in total. The molecule has 0 radical (unpaired) electrons. The summed E-state index contributed by atoms with van der Waals surface area (Å²) in [6, 6.07) is 10.6. The Labute approximate surface area is 119 Å². The highest BCUT2D eigenvalue weighted by molar-refractivity contribution is 5.50. The normalized spacial score (nSPS) is 15.8. The first-order valence-electron chi connectivity index (χ1n) is 7.11. The van der Waals surface area contributed by atoms with E-state index in [0.29, 0.717) is 0 Å². The van der Waals surface area contributed by atoms with Gasteiger partial charge in [0.05, 0.1) is 6.10 Å². The lowest BCUT2D eigenvalue weighted by Crippen LogP contribution is -2.31. The first-order valence-corrected chi connectivity index (χ1v) is 7.11. The van der Waals surface area contributed by atoms with E-state index in [2.05, 4.69) is 41.1 Å². The Morgan fingerprint density at radius 1 is 1.25 bits per heavy atom. The molecule has 3 heteroatoms. The van der Waals surface area contributed by atoms with Gasteiger partial charge >= 0.3 is 0 Å². The number of hydrogen-bond acceptors (Lipinski definition) is 3. The van der Waals surface area contributed by atoms with Gasteiger partial charge in [0.25, 0.3) is 0 Å². The van der Waals surface area contributed by atoms with Gasteiger partial charge in [-0.2, -0.15) is 0 Å². The van der Waals surface area contributed by atoms with Gasteiger partial charge in [-0.15, -0.1) is 0 Å². The van der Waals surface area contributed by atoms with Gasteiger partial charge in [0.1, 0.15) is 5.82 Å². The predicted molar refractivity (Wildman–Crippen MR) is 80.8 cm³/mol. The molecule has 1 aromatic heterocycles. The molecule has 3 nitrogen and oxygen atoms in total. The summed E-state index contributed by atoms with van der Waals surface area (Å²) in [7, 11) is 0. The van der Waals surface area contributed by atoms with E-state index in [1.54, 1.807) is 13.1 Å². The number of fused-ring (bicyclic) bond motifs is 1. The van der Waals surface area contributed by atoms with Gasteiger partial charge in [-0.3, -0.25) is 0 Å². The van der Waals surface area contributed by atoms with Crippen LogP contribution in [0.2, 0.25) is 0 Å². The highest BCUT2D eigenvalue weighted by atomic mass is 16.3. The van der Waals surface area contributed by atoms with Gasteiger partial charge in [0, 0.05) is 19.3 Å². The van der Waals surface area contributed by atoms with Crippen LogP contribution in [0.4, 0.5) is 5.82 Å². The lowest BCUT2D eigenvalue weighted by atomic mass is 9.99. The molecule has 1 atom stereocenters. The molecule has 0 bridgehead atoms. The van der Waals surface area contributed by atoms with Crippen LogP contribution in [-0.2, 0) is 13.0 Å². The minimum Gasteiger partial charge on any atom is -0.389 e. The summed E-state index contributed by atoms with van der Waals surface area (Å²) >= 11 is 0. The highest BCUT2D eigenvalue weighted by Gasteiger charge is 2.18. The third kappa shape index (κ3) is 2.41. The molecule has 0 fully saturated rings. The SMILES string of the molecule is Cc1cc([C@H](C)O)cnc1N1CCc2ccccc2C1. The van der Waals surface area contributed by atoms with Crippen LogP contribution in [0.3, 0.4) is 0 Å². The molecule has 104 valence electrons. The van der Waals surface area contributed by atoms with E-state index >= 15 is 0 Å². The average Bonchev–Trinajstić information content (AvgIpc) is 2.46. The van der Waals surface area contributed by atoms with E-state index in [1.165, 1.54) is 11.1 Å². The van der Waals surface area contributed by atoms with E-state index < -0.39 is 6.10 Å². The molecule has 0 spiro atoms. The van der Waals surface area contributed by atoms with E-state index in [1.807, 2.05) is 6.07 Å². The van der Waals surface area contributed by atoms with Crippen molar-refractivity contribution in [3.8, 4) is 0 Å². The monoisotopic (exact) mass is 268 g/mol. The molecule has 3 rings (SSSR count). The summed E-state index contributed by atoms with van der Waals surface area (Å²) in [5.74, 6) is 1.03. The van der Waals surface area contributed by atoms with Crippen molar-refractivity contribution in [2.75, 3.05) is 11.4 Å². The number of aryl methyl sites for hydroxylation is 1. The average molecular weight is 268 g/mol. The van der Waals surface area contributed by atoms with E-state index in [9.17, 15) is 5.11 Å². The molecule has 1 aliphatic heterocycles. The number of nitrogens with zero attached hydrogens (tertiary/aromatic N) is 2. The number of benzene rings is 1. The van der Waals surface area contributed by atoms with Crippen molar-refractivity contribution in [2.24, 2.45) is 0 Å². The first-order chi connectivity index (χ1) is 9.65. The van der Waals surface area contributed by atoms with Crippen molar-refractivity contribution < 1.29 is 5.11 Å². The van der Waals surface area contributed by atoms with Gasteiger partial charge in [-0.05, 0) is 48.6 Å². The fourth-order valence-corrected chi connectivity index (χ4v) is 2.83. The van der Waals surface area contributed by atoms with Crippen LogP contribution >= 0.6 is 0 Å². The quantitative estimate of drug-likeness (QED) is 0.909. The fraction of sp³-hybridized carbons (Fsp3) is 0.353. The number of pyridine rings is 1. The summed E-state index contributed by atoms with van der Waals surface area (Å²) in [6.45, 7) is 5.75. The topological polar surface area (TPSA) is 36.4 Å². The summed E-state index contributed by atoms with van der Waals surface area (Å²) in [5.41, 5.74) is 4.84. The molecule has 0 aliphatic carbocycles. The molecule has 0 unspecified atom stereocenters. The Kier molecular flexibility index (Phi) is 3.45. The van der Waals surface area contributed by atoms with Crippen molar-refractivity contribution in [1.82, 2.24) is 4.98 Å². The Morgan fingerprint density at radius 3 is 2.70 bits per heavy atom. The molecule has 1 aromatic carbocycles. The minimum atomic E-state index is -0.461. The van der Waals surface area contributed by atoms with Crippen LogP contribution in [0.25, 0.3) is 0 Å². The van der Waals surface area contributed by atoms with Crippen LogP contribution in [0.1, 0.15) is 35.3 Å². The maximum absolute atomic E-state index is 9.63. The van der Waals surface area contributed by atoms with Crippen LogP contribution in [0.15, 0.2) is 36.5 Å². The molecule has 20 heavy (non-hydrogen) atoms. The second-order valence-corrected chi connectivity index (χ2v) is 5.53. The molecule has 2 heterocycles. The Bertz CT molecular complexity index is 622. The number of anilines is 1. The van der Waals surface area contributed by atoms with Gasteiger partial charge in [-0.25, -0.2) is 4.98 Å². The van der Waals surface area contributed by atoms with Crippen LogP contribution in [0, 0.1) is 6.92 Å². The third-order valence-corrected chi connectivity index (χ3v) is 3.98. The zero-order chi connectivity index (χ0) is 14.1. The van der Waals surface area contributed by atoms with Crippen LogP contribution in [-0.4, -0.2) is 16.6 Å². The molecule has 0 saturated heterocycles. The second-order valence-electron chi connectivity index (χ2n) is 5.53. The Balaban J connectivity index is 1.88. The highest BCUT2D eigenvalue weighted by Crippen LogP contribution is 2.26. The molecule has 2 aromatic rings. The van der Waals surface area contributed by atoms with Gasteiger partial charge in [0.2, 0.25) is 0 Å². The molecule has 0 amide bonds. The fourth-order valence-electron chi connectivity index (χ4n) is 2.83. The summed E-state index contributed by atoms with van der Waals surface area (Å²) in [4.78, 5) is 6.88. The number of hydrogen-bond donors (Lipinski definition) is 1. The summed E-state index contributed by atoms with van der Waals surface area (Å²) in [6.07, 6.45) is 2.39. The molecular formula is C17H20N2O. The number of aliphatic hydroxyl groups excluding tert-OH is 1. The zero-order valence-corrected chi connectivity index (χ0v) is 12.0. The third-order valence-electron chi connectivity index (χ3n) is 3.98. The Morgan fingerprint density at radius 2 is 2.00 bits per heavy atom. The number of aliphatic hydroxyl groups is 1. The van der Waals surface area contributed by atoms with Crippen molar-refractivity contribution >= 4 is 5.82 Å². The standard InChI is InChI=1S/C17H20N2O/c1-12-9-16(13(2)20)10-18-17(12)19-8-7-14-5-3-4-6-15(14)11-19/h3-6,9-10,13,20H,7-8,11H2,1-2H3/t13-/m0/s1. The maximum atomic E-state index is 9.63. The summed E-state index contributed by atoms with van der Waals surface area (Å²) in [5, 5.41) is 9.63. The van der Waals surface area contributed by atoms with Crippen LogP contribution in [0.5, 0.6) is 0 Å². The molecule has 0 saturated carbocycles. The van der Waals surface area contributed by atoms with E-state index in [4.69, 9.17) is 0 Å². The number of rotatable bonds is 2. The lowest BCUT2D eigenvalue weighted by Gasteiger charge is -2.31. The minimum absolute atomic E-state index is 0.461. The van der Waals surface area contributed by atoms with Crippen molar-refractivity contribution in [2.45, 2.75) is 32.9 Å². The maximum Gasteiger partial charge on any atom is 0.131 e. The number of aromatic nitrogens is 1. The van der Waals surface area contributed by atoms with E-state index in [-0.39, 0.29) is 0 Å². The Hall–Kier alpha value is -1.87. The lowest BCUT2D eigenvalue weighted by molar-refractivity contribution is 0.199. The van der Waals surface area contributed by atoms with Gasteiger partial charge in [0.15, 0.2) is 0 Å². The summed E-state index contributed by atoms with van der Waals surface area (Å²) < 4.78 is 0. The van der Waals surface area contributed by atoms with Gasteiger partial charge in [-0.1, -0.05) is 24.3 Å². The van der Waals surface area contributed by atoms with E-state index in [0.717, 1.165) is 36.5 Å². The van der Waals surface area contributed by atoms with Crippen LogP contribution < -0.4 is 4.90 Å². The van der Waals surface area contributed by atoms with Crippen molar-refractivity contribution in [3.05, 3.63) is 58.8 Å². The molecule has 1 aliphatic rings. The zero-order valence-electron chi connectivity index (χ0n) is 12.0. The first kappa shape index (κ1) is 13.1. The smallest absolute Gasteiger partial charge is 0.131 e. The second kappa shape index (κ2) is 5.25. The van der Waals surface area contributed by atoms with Crippen molar-refractivity contribution in [1.29, 1.82) is 0 Å².